The van der Waals surface area contributed by atoms with E-state index >= 15 is 0 Å². The van der Waals surface area contributed by atoms with Crippen LogP contribution in [0.4, 0.5) is 56.9 Å². The molecule has 5 nitrogen and oxygen atoms in total. The molecule has 148 heavy (non-hydrogen) atoms. The summed E-state index contributed by atoms with van der Waals surface area (Å²) in [4.78, 5) is 10.8. The first-order valence-electron chi connectivity index (χ1n) is 54.3. The Labute approximate surface area is 872 Å². The van der Waals surface area contributed by atoms with E-state index in [9.17, 15) is 0 Å². The van der Waals surface area contributed by atoms with Crippen LogP contribution in [0.15, 0.2) is 411 Å². The van der Waals surface area contributed by atoms with Crippen LogP contribution in [0.3, 0.4) is 0 Å². The van der Waals surface area contributed by atoms with Gasteiger partial charge in [-0.2, -0.15) is 0 Å². The molecule has 28 rings (SSSR count). The quantitative estimate of drug-likeness (QED) is 0.0594. The Hall–Kier alpha value is -15.8. The van der Waals surface area contributed by atoms with Gasteiger partial charge in [-0.25, -0.2) is 0 Å². The second-order valence-corrected chi connectivity index (χ2v) is 46.3. The molecule has 4 aliphatic carbocycles. The lowest BCUT2D eigenvalue weighted by Gasteiger charge is -2.46. The highest BCUT2D eigenvalue weighted by atomic mass is 16.3. The zero-order valence-corrected chi connectivity index (χ0v) is 86.4. The predicted octanol–water partition coefficient (Wildman–Crippen LogP) is 35.1. The van der Waals surface area contributed by atoms with Gasteiger partial charge in [0.2, 0.25) is 0 Å². The van der Waals surface area contributed by atoms with Crippen molar-refractivity contribution >= 4 is 102 Å². The van der Waals surface area contributed by atoms with Crippen molar-refractivity contribution in [3.63, 3.8) is 0 Å². The van der Waals surface area contributed by atoms with Crippen molar-refractivity contribution in [2.45, 2.75) is 166 Å². The van der Waals surface area contributed by atoms with E-state index in [1.807, 2.05) is 0 Å². The van der Waals surface area contributed by atoms with E-state index in [2.05, 4.69) is 495 Å². The van der Waals surface area contributed by atoms with E-state index < -0.39 is 10.8 Å². The molecule has 718 valence electrons. The third kappa shape index (κ3) is 13.4. The summed E-state index contributed by atoms with van der Waals surface area (Å²) in [6.07, 6.45) is 10.4. The van der Waals surface area contributed by atoms with Gasteiger partial charge >= 0.3 is 0 Å². The first kappa shape index (κ1) is 89.8. The van der Waals surface area contributed by atoms with Crippen LogP contribution in [-0.2, 0) is 45.3 Å². The Morgan fingerprint density at radius 3 is 0.953 bits per heavy atom. The number of furan rings is 1. The number of hydrogen-bond acceptors (Lipinski definition) is 5. The standard InChI is InChI=1S/C142H121BN4O/c1-137(2,3)96-70-65-90(109(86-96)93-67-74-106-104-47-21-28-54-116(104)141(122(106)82-93)112-50-24-17-43-100(112)101-44-18-25-51-113(101)141)41-15-11-13-39-79-144-130-88-98(146-126-60-34-30-56-118(126)139(7,8)119-57-31-35-61-127(119)146)72-76-124(130)143-125-77-73-99(147-128-62-36-32-58-120(128)140(9,10)121-59-33-37-63-129(121)147)89-131(125)145(133-85-95(84-132(144)136(133)143)92-69-78-135-111(81-92)108-49-23-38-64-134(108)148-135)80-40-14-12-16-42-91-66-71-97(138(4,5)6)87-110(91)94-68-75-107-105-48-22-29-55-117(105)142(123(107)83-94)114-52-26-19-45-102(114)103-46-20-27-53-115(103)142/h17-38,43-78,81-89H,11-16,39-42,79-80H2,1-10H3. The van der Waals surface area contributed by atoms with Gasteiger partial charge < -0.3 is 24.0 Å². The SMILES string of the molecule is CC(C)(C)c1ccc(CCCCCCN2c3cc(N4c5ccccc5C(C)(C)c5ccccc54)ccc3B3c4ccc(N5c6ccccc6C(C)(C)c6ccccc65)cc4N(CCCCCCc4ccc(C(C)(C)C)cc4-c4ccc5c(c4)C4(c6ccccc6-c6ccccc64)c4ccccc4-5)c4cc(-c5ccc6oc7ccccc7c6c5)cc2c43)c(-c2ccc3c(c2)C2(c4ccccc4-c4ccccc42)c2ccccc2-3)c1. The zero-order chi connectivity index (χ0) is 99.6. The Kier molecular flexibility index (Phi) is 20.6. The van der Waals surface area contributed by atoms with Crippen molar-refractivity contribution < 1.29 is 4.42 Å². The van der Waals surface area contributed by atoms with Gasteiger partial charge in [0.15, 0.2) is 0 Å². The first-order valence-corrected chi connectivity index (χ1v) is 54.3. The van der Waals surface area contributed by atoms with Crippen LogP contribution in [0.5, 0.6) is 0 Å². The number of nitrogens with zero attached hydrogens (tertiary/aromatic N) is 4. The highest BCUT2D eigenvalue weighted by Crippen LogP contribution is 2.67. The molecule has 6 heteroatoms. The number of hydrogen-bond donors (Lipinski definition) is 0. The number of rotatable bonds is 19. The highest BCUT2D eigenvalue weighted by molar-refractivity contribution is 7.00. The van der Waals surface area contributed by atoms with Crippen LogP contribution in [0.2, 0.25) is 0 Å². The average molecular weight is 1910 g/mol. The van der Waals surface area contributed by atoms with Gasteiger partial charge in [-0.05, 0) is 324 Å². The van der Waals surface area contributed by atoms with Crippen LogP contribution >= 0.6 is 0 Å². The molecule has 0 radical (unpaired) electrons. The largest absolute Gasteiger partial charge is 0.456 e. The van der Waals surface area contributed by atoms with Crippen molar-refractivity contribution in [1.29, 1.82) is 0 Å². The van der Waals surface area contributed by atoms with Crippen LogP contribution in [0, 0.1) is 0 Å². The maximum absolute atomic E-state index is 6.72. The van der Waals surface area contributed by atoms with E-state index in [4.69, 9.17) is 4.42 Å². The lowest BCUT2D eigenvalue weighted by Crippen LogP contribution is -2.62. The molecule has 0 saturated carbocycles. The number of anilines is 10. The zero-order valence-electron chi connectivity index (χ0n) is 86.4. The molecule has 5 heterocycles. The van der Waals surface area contributed by atoms with E-state index in [1.165, 1.54) is 229 Å². The van der Waals surface area contributed by atoms with E-state index in [0.29, 0.717) is 0 Å². The van der Waals surface area contributed by atoms with Crippen molar-refractivity contribution in [2.24, 2.45) is 0 Å². The smallest absolute Gasteiger partial charge is 0.252 e. The number of unbranched alkanes of at least 4 members (excludes halogenated alkanes) is 6. The lowest BCUT2D eigenvalue weighted by molar-refractivity contribution is 0.589. The predicted molar refractivity (Wildman–Crippen MR) is 622 cm³/mol. The van der Waals surface area contributed by atoms with Gasteiger partial charge in [0.1, 0.15) is 11.2 Å². The maximum atomic E-state index is 6.72. The van der Waals surface area contributed by atoms with Crippen LogP contribution in [0.1, 0.15) is 210 Å². The second kappa shape index (κ2) is 33.9. The third-order valence-corrected chi connectivity index (χ3v) is 35.5. The molecule has 4 aliphatic heterocycles. The van der Waals surface area contributed by atoms with E-state index in [1.54, 1.807) is 0 Å². The van der Waals surface area contributed by atoms with Gasteiger partial charge in [0.05, 0.1) is 33.6 Å². The molecule has 1 aromatic heterocycles. The summed E-state index contributed by atoms with van der Waals surface area (Å²) in [6.45, 7) is 25.4. The Balaban J connectivity index is 0.561. The molecule has 0 amide bonds. The molecule has 0 atom stereocenters. The Morgan fingerprint density at radius 1 is 0.236 bits per heavy atom. The van der Waals surface area contributed by atoms with Gasteiger partial charge in [-0.3, -0.25) is 0 Å². The molecular formula is C142H121BN4O. The van der Waals surface area contributed by atoms with Gasteiger partial charge in [-0.1, -0.05) is 410 Å². The molecule has 0 unspecified atom stereocenters. The fourth-order valence-corrected chi connectivity index (χ4v) is 28.3. The third-order valence-electron chi connectivity index (χ3n) is 35.5. The summed E-state index contributed by atoms with van der Waals surface area (Å²) in [5, 5.41) is 2.26. The molecular weight excluding hydrogens is 1790 g/mol. The molecule has 20 aromatic rings. The molecule has 0 N–H and O–H groups in total. The molecule has 8 aliphatic rings. The second-order valence-electron chi connectivity index (χ2n) is 46.3. The van der Waals surface area contributed by atoms with Crippen LogP contribution in [-0.4, -0.2) is 19.8 Å². The van der Waals surface area contributed by atoms with Crippen LogP contribution in [0.25, 0.3) is 99.8 Å². The summed E-state index contributed by atoms with van der Waals surface area (Å²) in [5.41, 5.74) is 56.9. The number of benzene rings is 19. The fraction of sp³-hybridized carbons (Fsp3) is 0.197. The highest BCUT2D eigenvalue weighted by Gasteiger charge is 2.55. The number of fused-ring (bicyclic) bond motifs is 31. The Morgan fingerprint density at radius 2 is 0.568 bits per heavy atom. The topological polar surface area (TPSA) is 26.1 Å². The van der Waals surface area contributed by atoms with Gasteiger partial charge in [0.25, 0.3) is 6.71 Å². The molecule has 0 fully saturated rings. The van der Waals surface area contributed by atoms with Crippen molar-refractivity contribution in [1.82, 2.24) is 0 Å². The summed E-state index contributed by atoms with van der Waals surface area (Å²) in [5.74, 6) is 0. The number of aryl methyl sites for hydroxylation is 2. The molecule has 0 saturated heterocycles. The molecule has 0 bridgehead atoms. The van der Waals surface area contributed by atoms with E-state index in [0.717, 1.165) is 111 Å². The minimum absolute atomic E-state index is 0.0479. The fourth-order valence-electron chi connectivity index (χ4n) is 28.3. The van der Waals surface area contributed by atoms with Crippen molar-refractivity contribution in [3.05, 3.63) is 495 Å². The summed E-state index contributed by atoms with van der Waals surface area (Å²) in [6, 6.07) is 158. The number of para-hydroxylation sites is 5. The van der Waals surface area contributed by atoms with Gasteiger partial charge in [-0.15, -0.1) is 0 Å². The van der Waals surface area contributed by atoms with Crippen molar-refractivity contribution in [2.75, 3.05) is 32.7 Å². The maximum Gasteiger partial charge on any atom is 0.252 e. The minimum atomic E-state index is -0.431. The Bertz CT molecular complexity index is 8230. The van der Waals surface area contributed by atoms with E-state index in [-0.39, 0.29) is 28.4 Å². The van der Waals surface area contributed by atoms with Gasteiger partial charge in [0, 0.05) is 68.8 Å². The minimum Gasteiger partial charge on any atom is -0.456 e. The summed E-state index contributed by atoms with van der Waals surface area (Å²) >= 11 is 0. The summed E-state index contributed by atoms with van der Waals surface area (Å²) in [7, 11) is 0. The lowest BCUT2D eigenvalue weighted by atomic mass is 9.33. The normalized spacial score (nSPS) is 15.0. The van der Waals surface area contributed by atoms with Crippen molar-refractivity contribution in [3.8, 4) is 77.9 Å². The summed E-state index contributed by atoms with van der Waals surface area (Å²) < 4.78 is 6.72. The first-order chi connectivity index (χ1) is 72.2. The monoisotopic (exact) mass is 1910 g/mol. The van der Waals surface area contributed by atoms with Crippen LogP contribution < -0.4 is 36.0 Å². The molecule has 19 aromatic carbocycles. The average Bonchev–Trinajstić information content (AvgIpc) is 1.49. The molecule has 2 spiro atoms.